The normalized spacial score (nSPS) is 20.6. The number of hydrogen-bond acceptors (Lipinski definition) is 7. The highest BCUT2D eigenvalue weighted by Gasteiger charge is 2.40. The van der Waals surface area contributed by atoms with E-state index in [1.165, 1.54) is 11.8 Å². The molecule has 0 saturated carbocycles. The molecule has 2 saturated heterocycles. The van der Waals surface area contributed by atoms with Gasteiger partial charge in [-0.05, 0) is 41.9 Å². The van der Waals surface area contributed by atoms with Crippen molar-refractivity contribution in [2.75, 3.05) is 42.7 Å². The van der Waals surface area contributed by atoms with E-state index >= 15 is 0 Å². The van der Waals surface area contributed by atoms with Crippen LogP contribution in [0.25, 0.3) is 0 Å². The fourth-order valence-electron chi connectivity index (χ4n) is 4.24. The van der Waals surface area contributed by atoms with Crippen molar-refractivity contribution >= 4 is 29.1 Å². The van der Waals surface area contributed by atoms with Crippen molar-refractivity contribution in [3.63, 3.8) is 0 Å². The number of nitrogens with one attached hydrogen (secondary N) is 2. The summed E-state index contributed by atoms with van der Waals surface area (Å²) in [5.74, 6) is 0.847. The van der Waals surface area contributed by atoms with Gasteiger partial charge in [-0.15, -0.1) is 11.8 Å². The Morgan fingerprint density at radius 1 is 1.29 bits per heavy atom. The van der Waals surface area contributed by atoms with E-state index in [4.69, 9.17) is 0 Å². The van der Waals surface area contributed by atoms with Crippen molar-refractivity contribution in [3.05, 3.63) is 41.0 Å². The number of alkyl halides is 3. The third kappa shape index (κ3) is 4.31. The molecule has 0 radical (unpaired) electrons. The highest BCUT2D eigenvalue weighted by atomic mass is 32.2. The van der Waals surface area contributed by atoms with Crippen LogP contribution in [0.2, 0.25) is 0 Å². The molecule has 1 aromatic carbocycles. The number of thioether (sulfide) groups is 1. The molecule has 3 N–H and O–H groups in total. The Labute approximate surface area is 182 Å². The lowest BCUT2D eigenvalue weighted by Crippen LogP contribution is -2.27. The van der Waals surface area contributed by atoms with Crippen molar-refractivity contribution in [1.29, 1.82) is 5.26 Å². The van der Waals surface area contributed by atoms with E-state index in [2.05, 4.69) is 15.6 Å². The Hall–Kier alpha value is -2.48. The summed E-state index contributed by atoms with van der Waals surface area (Å²) < 4.78 is 41.5. The van der Waals surface area contributed by atoms with Gasteiger partial charge in [0.25, 0.3) is 0 Å². The Morgan fingerprint density at radius 3 is 2.58 bits per heavy atom. The first-order valence-electron chi connectivity index (χ1n) is 9.86. The van der Waals surface area contributed by atoms with Crippen LogP contribution >= 0.6 is 11.8 Å². The molecule has 31 heavy (non-hydrogen) atoms. The third-order valence-electron chi connectivity index (χ3n) is 5.84. The molecular formula is C21H22F3N5OS. The molecule has 0 unspecified atom stereocenters. The zero-order chi connectivity index (χ0) is 22.2. The molecule has 1 aromatic heterocycles. The second-order valence-corrected chi connectivity index (χ2v) is 8.61. The van der Waals surface area contributed by atoms with Crippen molar-refractivity contribution in [2.24, 2.45) is 11.8 Å². The molecule has 0 aliphatic carbocycles. The van der Waals surface area contributed by atoms with Crippen molar-refractivity contribution in [1.82, 2.24) is 10.3 Å². The highest BCUT2D eigenvalue weighted by molar-refractivity contribution is 7.98. The van der Waals surface area contributed by atoms with E-state index in [1.54, 1.807) is 24.3 Å². The number of fused-ring (bicyclic) bond motifs is 1. The maximum atomic E-state index is 13.8. The second kappa shape index (κ2) is 8.57. The fraction of sp³-hybridized carbons (Fsp3) is 0.429. The molecule has 10 heteroatoms. The highest BCUT2D eigenvalue weighted by Crippen LogP contribution is 2.40. The van der Waals surface area contributed by atoms with Gasteiger partial charge in [0.1, 0.15) is 17.5 Å². The van der Waals surface area contributed by atoms with Crippen LogP contribution in [0.5, 0.6) is 0 Å². The third-order valence-corrected chi connectivity index (χ3v) is 6.63. The summed E-state index contributed by atoms with van der Waals surface area (Å²) >= 11 is 1.40. The molecule has 2 aliphatic rings. The summed E-state index contributed by atoms with van der Waals surface area (Å²) in [6.07, 6.45) is -2.85. The van der Waals surface area contributed by atoms with Crippen LogP contribution in [0.4, 0.5) is 30.5 Å². The number of pyridine rings is 1. The molecular weight excluding hydrogens is 427 g/mol. The number of nitrogens with zero attached hydrogens (tertiary/aromatic N) is 3. The topological polar surface area (TPSA) is 84.2 Å². The Bertz CT molecular complexity index is 1010. The lowest BCUT2D eigenvalue weighted by molar-refractivity contribution is -0.137. The SMILES string of the molecule is CSc1ccc(CO)cc1Nc1nc(N2C[C@H]3CNC[C@H]3C2)cc(C(F)(F)F)c1C#N. The molecule has 6 nitrogen and oxygen atoms in total. The van der Waals surface area contributed by atoms with E-state index < -0.39 is 17.3 Å². The number of rotatable bonds is 5. The van der Waals surface area contributed by atoms with Crippen LogP contribution < -0.4 is 15.5 Å². The number of aliphatic hydroxyl groups excluding tert-OH is 1. The first-order valence-corrected chi connectivity index (χ1v) is 11.1. The van der Waals surface area contributed by atoms with Gasteiger partial charge in [0, 0.05) is 31.1 Å². The van der Waals surface area contributed by atoms with Crippen molar-refractivity contribution < 1.29 is 18.3 Å². The molecule has 2 aliphatic heterocycles. The van der Waals surface area contributed by atoms with Gasteiger partial charge in [-0.2, -0.15) is 18.4 Å². The van der Waals surface area contributed by atoms with E-state index in [-0.39, 0.29) is 18.2 Å². The summed E-state index contributed by atoms with van der Waals surface area (Å²) in [6, 6.07) is 7.83. The lowest BCUT2D eigenvalue weighted by Gasteiger charge is -2.23. The lowest BCUT2D eigenvalue weighted by atomic mass is 10.0. The molecule has 0 amide bonds. The van der Waals surface area contributed by atoms with Crippen LogP contribution in [0.1, 0.15) is 16.7 Å². The summed E-state index contributed by atoms with van der Waals surface area (Å²) in [6.45, 7) is 2.74. The van der Waals surface area contributed by atoms with Gasteiger partial charge >= 0.3 is 6.18 Å². The van der Waals surface area contributed by atoms with E-state index in [9.17, 15) is 23.5 Å². The zero-order valence-electron chi connectivity index (χ0n) is 16.8. The van der Waals surface area contributed by atoms with Gasteiger partial charge in [-0.25, -0.2) is 4.98 Å². The molecule has 4 rings (SSSR count). The van der Waals surface area contributed by atoms with Crippen LogP contribution in [-0.2, 0) is 12.8 Å². The predicted octanol–water partition coefficient (Wildman–Crippen LogP) is 3.59. The minimum Gasteiger partial charge on any atom is -0.392 e. The van der Waals surface area contributed by atoms with Gasteiger partial charge in [0.2, 0.25) is 0 Å². The van der Waals surface area contributed by atoms with Crippen LogP contribution in [0.15, 0.2) is 29.2 Å². The van der Waals surface area contributed by atoms with Crippen LogP contribution in [0.3, 0.4) is 0 Å². The van der Waals surface area contributed by atoms with Crippen LogP contribution in [0, 0.1) is 23.2 Å². The maximum Gasteiger partial charge on any atom is 0.417 e. The number of anilines is 3. The largest absolute Gasteiger partial charge is 0.417 e. The Morgan fingerprint density at radius 2 is 2.00 bits per heavy atom. The summed E-state index contributed by atoms with van der Waals surface area (Å²) in [4.78, 5) is 7.09. The number of halogens is 3. The quantitative estimate of drug-likeness (QED) is 0.602. The Balaban J connectivity index is 1.79. The summed E-state index contributed by atoms with van der Waals surface area (Å²) in [7, 11) is 0. The van der Waals surface area contributed by atoms with Gasteiger partial charge in [0.05, 0.1) is 17.9 Å². The second-order valence-electron chi connectivity index (χ2n) is 7.76. The monoisotopic (exact) mass is 449 g/mol. The molecule has 164 valence electrons. The first kappa shape index (κ1) is 21.7. The number of hydrogen-bond donors (Lipinski definition) is 3. The predicted molar refractivity (Wildman–Crippen MR) is 113 cm³/mol. The molecule has 2 atom stereocenters. The molecule has 0 spiro atoms. The standard InChI is InChI=1S/C21H22F3N5OS/c1-31-18-3-2-12(11-30)4-17(18)27-20-15(6-25)16(21(22,23)24)5-19(28-20)29-9-13-7-26-8-14(13)10-29/h2-5,13-14,26,30H,7-11H2,1H3,(H,27,28)/t13-,14+. The molecule has 2 aromatic rings. The van der Waals surface area contributed by atoms with Gasteiger partial charge in [-0.1, -0.05) is 6.07 Å². The molecule has 0 bridgehead atoms. The van der Waals surface area contributed by atoms with E-state index in [0.29, 0.717) is 36.2 Å². The fourth-order valence-corrected chi connectivity index (χ4v) is 4.78. The number of benzene rings is 1. The molecule has 3 heterocycles. The first-order chi connectivity index (χ1) is 14.8. The average molecular weight is 450 g/mol. The Kier molecular flexibility index (Phi) is 6.01. The van der Waals surface area contributed by atoms with Gasteiger partial charge < -0.3 is 20.6 Å². The van der Waals surface area contributed by atoms with Gasteiger partial charge in [-0.3, -0.25) is 0 Å². The minimum absolute atomic E-state index is 0.132. The summed E-state index contributed by atoms with van der Waals surface area (Å²) in [5.41, 5.74) is -0.442. The van der Waals surface area contributed by atoms with Crippen LogP contribution in [-0.4, -0.2) is 42.5 Å². The number of nitriles is 1. The van der Waals surface area contributed by atoms with Gasteiger partial charge in [0.15, 0.2) is 5.82 Å². The van der Waals surface area contributed by atoms with Crippen molar-refractivity contribution in [2.45, 2.75) is 17.7 Å². The van der Waals surface area contributed by atoms with E-state index in [0.717, 1.165) is 24.1 Å². The maximum absolute atomic E-state index is 13.8. The van der Waals surface area contributed by atoms with E-state index in [1.807, 2.05) is 11.2 Å². The van der Waals surface area contributed by atoms with Crippen molar-refractivity contribution in [3.8, 4) is 6.07 Å². The summed E-state index contributed by atoms with van der Waals surface area (Å²) in [5, 5.41) is 25.3. The number of aromatic nitrogens is 1. The smallest absolute Gasteiger partial charge is 0.392 e. The average Bonchev–Trinajstić information content (AvgIpc) is 3.35. The minimum atomic E-state index is -4.69. The molecule has 2 fully saturated rings. The zero-order valence-corrected chi connectivity index (χ0v) is 17.6. The number of aliphatic hydroxyl groups is 1.